The van der Waals surface area contributed by atoms with Gasteiger partial charge in [-0.2, -0.15) is 18.4 Å². The first-order chi connectivity index (χ1) is 11.6. The van der Waals surface area contributed by atoms with E-state index in [2.05, 4.69) is 5.10 Å². The SMILES string of the molecule is C/C(=N\NS(=O)(=O)c1ccc(C)c([N+](=O)[O-])c1)c1ccc(F)cc1F. The number of hydrogen-bond acceptors (Lipinski definition) is 5. The van der Waals surface area contributed by atoms with Gasteiger partial charge in [-0.1, -0.05) is 6.07 Å². The van der Waals surface area contributed by atoms with Crippen LogP contribution in [0.25, 0.3) is 0 Å². The van der Waals surface area contributed by atoms with Crippen molar-refractivity contribution < 1.29 is 22.1 Å². The molecular weight excluding hydrogens is 356 g/mol. The van der Waals surface area contributed by atoms with E-state index in [0.29, 0.717) is 11.6 Å². The van der Waals surface area contributed by atoms with E-state index in [1.165, 1.54) is 26.0 Å². The molecule has 10 heteroatoms. The van der Waals surface area contributed by atoms with Gasteiger partial charge in [-0.25, -0.2) is 8.78 Å². The first-order valence-electron chi connectivity index (χ1n) is 6.88. The lowest BCUT2D eigenvalue weighted by molar-refractivity contribution is -0.385. The van der Waals surface area contributed by atoms with Crippen molar-refractivity contribution in [3.05, 3.63) is 69.3 Å². The Bertz CT molecular complexity index is 975. The number of hydrazone groups is 1. The van der Waals surface area contributed by atoms with Gasteiger partial charge >= 0.3 is 0 Å². The molecule has 0 aliphatic carbocycles. The predicted molar refractivity (Wildman–Crippen MR) is 86.7 cm³/mol. The first-order valence-corrected chi connectivity index (χ1v) is 8.36. The normalized spacial score (nSPS) is 12.1. The number of rotatable bonds is 5. The largest absolute Gasteiger partial charge is 0.276 e. The van der Waals surface area contributed by atoms with Gasteiger partial charge in [0.25, 0.3) is 15.7 Å². The number of aryl methyl sites for hydroxylation is 1. The number of hydrogen-bond donors (Lipinski definition) is 1. The predicted octanol–water partition coefficient (Wildman–Crippen LogP) is 2.88. The van der Waals surface area contributed by atoms with Gasteiger partial charge in [0, 0.05) is 23.3 Å². The quantitative estimate of drug-likeness (QED) is 0.497. The molecule has 2 aromatic carbocycles. The van der Waals surface area contributed by atoms with Crippen LogP contribution in [0.3, 0.4) is 0 Å². The molecule has 0 aromatic heterocycles. The molecule has 0 bridgehead atoms. The third kappa shape index (κ3) is 4.15. The first kappa shape index (κ1) is 18.5. The Morgan fingerprint density at radius 2 is 1.88 bits per heavy atom. The van der Waals surface area contributed by atoms with Crippen molar-refractivity contribution in [2.24, 2.45) is 5.10 Å². The Labute approximate surface area is 142 Å². The number of nitrogens with zero attached hydrogens (tertiary/aromatic N) is 2. The summed E-state index contributed by atoms with van der Waals surface area (Å²) in [6, 6.07) is 6.16. The van der Waals surface area contributed by atoms with E-state index < -0.39 is 26.6 Å². The maximum Gasteiger partial charge on any atom is 0.276 e. The van der Waals surface area contributed by atoms with Crippen LogP contribution in [0.15, 0.2) is 46.4 Å². The average molecular weight is 369 g/mol. The molecule has 0 aliphatic rings. The maximum absolute atomic E-state index is 13.7. The van der Waals surface area contributed by atoms with Crippen molar-refractivity contribution in [1.29, 1.82) is 0 Å². The van der Waals surface area contributed by atoms with Crippen molar-refractivity contribution in [2.75, 3.05) is 0 Å². The van der Waals surface area contributed by atoms with Crippen LogP contribution in [0.1, 0.15) is 18.1 Å². The summed E-state index contributed by atoms with van der Waals surface area (Å²) in [4.78, 5) is 11.7. The van der Waals surface area contributed by atoms with Gasteiger partial charge in [0.15, 0.2) is 0 Å². The maximum atomic E-state index is 13.7. The van der Waals surface area contributed by atoms with Crippen LogP contribution in [-0.2, 0) is 10.0 Å². The van der Waals surface area contributed by atoms with Crippen molar-refractivity contribution >= 4 is 21.4 Å². The Morgan fingerprint density at radius 3 is 2.48 bits per heavy atom. The number of sulfonamides is 1. The number of benzene rings is 2. The molecule has 0 amide bonds. The molecule has 0 saturated carbocycles. The lowest BCUT2D eigenvalue weighted by atomic mass is 10.1. The second-order valence-corrected chi connectivity index (χ2v) is 6.78. The summed E-state index contributed by atoms with van der Waals surface area (Å²) in [5.41, 5.74) is -0.174. The molecule has 0 unspecified atom stereocenters. The second kappa shape index (κ2) is 6.93. The standard InChI is InChI=1S/C15H13F2N3O4S/c1-9-3-5-12(8-15(9)20(21)22)25(23,24)19-18-10(2)13-6-4-11(16)7-14(13)17/h3-8,19H,1-2H3/b18-10+. The molecule has 25 heavy (non-hydrogen) atoms. The number of nitro groups is 1. The number of nitrogens with one attached hydrogen (secondary N) is 1. The summed E-state index contributed by atoms with van der Waals surface area (Å²) in [7, 11) is -4.20. The van der Waals surface area contributed by atoms with Gasteiger partial charge < -0.3 is 0 Å². The minimum absolute atomic E-state index is 0.0392. The zero-order valence-electron chi connectivity index (χ0n) is 13.2. The molecule has 132 valence electrons. The third-order valence-electron chi connectivity index (χ3n) is 3.34. The van der Waals surface area contributed by atoms with Gasteiger partial charge in [-0.3, -0.25) is 10.1 Å². The second-order valence-electron chi connectivity index (χ2n) is 5.12. The highest BCUT2D eigenvalue weighted by Crippen LogP contribution is 2.22. The summed E-state index contributed by atoms with van der Waals surface area (Å²) in [6.07, 6.45) is 0. The van der Waals surface area contributed by atoms with Gasteiger partial charge in [-0.15, -0.1) is 0 Å². The highest BCUT2D eigenvalue weighted by atomic mass is 32.2. The van der Waals surface area contributed by atoms with Crippen molar-refractivity contribution in [3.8, 4) is 0 Å². The molecule has 0 spiro atoms. The molecule has 2 rings (SSSR count). The lowest BCUT2D eigenvalue weighted by Crippen LogP contribution is -2.20. The minimum atomic E-state index is -4.20. The Hall–Kier alpha value is -2.88. The van der Waals surface area contributed by atoms with Crippen molar-refractivity contribution in [2.45, 2.75) is 18.7 Å². The van der Waals surface area contributed by atoms with Crippen molar-refractivity contribution in [1.82, 2.24) is 4.83 Å². The van der Waals surface area contributed by atoms with Crippen molar-refractivity contribution in [3.63, 3.8) is 0 Å². The fraction of sp³-hybridized carbons (Fsp3) is 0.133. The number of halogens is 2. The van der Waals surface area contributed by atoms with E-state index in [0.717, 1.165) is 18.2 Å². The minimum Gasteiger partial charge on any atom is -0.258 e. The summed E-state index contributed by atoms with van der Waals surface area (Å²) in [5, 5.41) is 14.5. The van der Waals surface area contributed by atoms with Gasteiger partial charge in [-0.05, 0) is 32.0 Å². The zero-order valence-corrected chi connectivity index (χ0v) is 14.0. The van der Waals surface area contributed by atoms with E-state index in [1.807, 2.05) is 4.83 Å². The van der Waals surface area contributed by atoms with Gasteiger partial charge in [0.1, 0.15) is 11.6 Å². The monoisotopic (exact) mass is 369 g/mol. The Morgan fingerprint density at radius 1 is 1.20 bits per heavy atom. The Balaban J connectivity index is 2.32. The van der Waals surface area contributed by atoms with E-state index in [1.54, 1.807) is 0 Å². The van der Waals surface area contributed by atoms with Gasteiger partial charge in [0.05, 0.1) is 15.5 Å². The Kier molecular flexibility index (Phi) is 5.12. The topological polar surface area (TPSA) is 102 Å². The molecule has 0 atom stereocenters. The molecule has 0 aliphatic heterocycles. The zero-order chi connectivity index (χ0) is 18.8. The smallest absolute Gasteiger partial charge is 0.258 e. The van der Waals surface area contributed by atoms with Crippen LogP contribution >= 0.6 is 0 Å². The van der Waals surface area contributed by atoms with Crippen LogP contribution in [0.5, 0.6) is 0 Å². The highest BCUT2D eigenvalue weighted by molar-refractivity contribution is 7.89. The van der Waals surface area contributed by atoms with Gasteiger partial charge in [0.2, 0.25) is 0 Å². The summed E-state index contributed by atoms with van der Waals surface area (Å²) in [6.45, 7) is 2.80. The average Bonchev–Trinajstić information content (AvgIpc) is 2.52. The van der Waals surface area contributed by atoms with Crippen LogP contribution in [0, 0.1) is 28.7 Å². The summed E-state index contributed by atoms with van der Waals surface area (Å²) in [5.74, 6) is -1.67. The summed E-state index contributed by atoms with van der Waals surface area (Å²) >= 11 is 0. The molecule has 0 fully saturated rings. The fourth-order valence-electron chi connectivity index (χ4n) is 1.98. The van der Waals surface area contributed by atoms with Crippen LogP contribution in [-0.4, -0.2) is 19.1 Å². The molecule has 7 nitrogen and oxygen atoms in total. The number of nitro benzene ring substituents is 1. The van der Waals surface area contributed by atoms with Crippen LogP contribution in [0.4, 0.5) is 14.5 Å². The molecule has 0 heterocycles. The molecule has 0 radical (unpaired) electrons. The highest BCUT2D eigenvalue weighted by Gasteiger charge is 2.19. The third-order valence-corrected chi connectivity index (χ3v) is 4.55. The van der Waals surface area contributed by atoms with E-state index in [-0.39, 0.29) is 21.9 Å². The summed E-state index contributed by atoms with van der Waals surface area (Å²) < 4.78 is 51.0. The van der Waals surface area contributed by atoms with E-state index >= 15 is 0 Å². The molecule has 2 aromatic rings. The van der Waals surface area contributed by atoms with Crippen LogP contribution < -0.4 is 4.83 Å². The molecule has 1 N–H and O–H groups in total. The molecule has 0 saturated heterocycles. The van der Waals surface area contributed by atoms with Crippen LogP contribution in [0.2, 0.25) is 0 Å². The fourth-order valence-corrected chi connectivity index (χ4v) is 2.85. The van der Waals surface area contributed by atoms with E-state index in [4.69, 9.17) is 0 Å². The lowest BCUT2D eigenvalue weighted by Gasteiger charge is -2.07. The molecular formula is C15H13F2N3O4S. The van der Waals surface area contributed by atoms with E-state index in [9.17, 15) is 27.3 Å².